The predicted octanol–water partition coefficient (Wildman–Crippen LogP) is 1.30. The van der Waals surface area contributed by atoms with E-state index in [1.165, 1.54) is 5.56 Å². The number of carbonyl (C=O) groups excluding carboxylic acids is 1. The van der Waals surface area contributed by atoms with Gasteiger partial charge >= 0.3 is 0 Å². The number of carbonyl (C=O) groups is 1. The van der Waals surface area contributed by atoms with Crippen molar-refractivity contribution < 1.29 is 9.53 Å². The molecule has 0 saturated carbocycles. The third kappa shape index (κ3) is 4.37. The van der Waals surface area contributed by atoms with Crippen LogP contribution in [0.4, 0.5) is 0 Å². The number of likely N-dealkylation sites (N-methyl/N-ethyl adjacent to an activating group) is 1. The molecule has 1 atom stereocenters. The lowest BCUT2D eigenvalue weighted by Gasteiger charge is -2.17. The molecule has 100 valence electrons. The highest BCUT2D eigenvalue weighted by molar-refractivity contribution is 5.80. The number of methoxy groups -OCH3 is 1. The standard InChI is InChI=1S/C14H22N2O2/c1-11(14(17)16(2)3)15-10-9-12-5-7-13(18-4)8-6-12/h5-8,11,15H,9-10H2,1-4H3. The number of rotatable bonds is 6. The third-order valence-electron chi connectivity index (χ3n) is 2.83. The van der Waals surface area contributed by atoms with E-state index >= 15 is 0 Å². The van der Waals surface area contributed by atoms with Crippen molar-refractivity contribution in [2.24, 2.45) is 0 Å². The van der Waals surface area contributed by atoms with Crippen LogP contribution >= 0.6 is 0 Å². The molecule has 1 aromatic rings. The number of nitrogens with one attached hydrogen (secondary N) is 1. The summed E-state index contributed by atoms with van der Waals surface area (Å²) in [5, 5.41) is 3.22. The average molecular weight is 250 g/mol. The molecule has 0 aliphatic rings. The Kier molecular flexibility index (Phi) is 5.65. The number of ether oxygens (including phenoxy) is 1. The van der Waals surface area contributed by atoms with Gasteiger partial charge in [-0.25, -0.2) is 0 Å². The highest BCUT2D eigenvalue weighted by atomic mass is 16.5. The van der Waals surface area contributed by atoms with E-state index in [4.69, 9.17) is 4.74 Å². The van der Waals surface area contributed by atoms with Crippen molar-refractivity contribution in [1.29, 1.82) is 0 Å². The maximum Gasteiger partial charge on any atom is 0.238 e. The molecule has 18 heavy (non-hydrogen) atoms. The van der Waals surface area contributed by atoms with Gasteiger partial charge in [-0.15, -0.1) is 0 Å². The fourth-order valence-corrected chi connectivity index (χ4v) is 1.70. The summed E-state index contributed by atoms with van der Waals surface area (Å²) in [4.78, 5) is 13.2. The molecule has 0 aliphatic heterocycles. The third-order valence-corrected chi connectivity index (χ3v) is 2.83. The number of hydrogen-bond acceptors (Lipinski definition) is 3. The van der Waals surface area contributed by atoms with Crippen LogP contribution in [0.25, 0.3) is 0 Å². The van der Waals surface area contributed by atoms with Gasteiger partial charge in [-0.2, -0.15) is 0 Å². The maximum absolute atomic E-state index is 11.6. The van der Waals surface area contributed by atoms with Crippen LogP contribution in [0.1, 0.15) is 12.5 Å². The van der Waals surface area contributed by atoms with E-state index in [1.54, 1.807) is 26.1 Å². The fraction of sp³-hybridized carbons (Fsp3) is 0.500. The van der Waals surface area contributed by atoms with Gasteiger partial charge in [0.05, 0.1) is 13.2 Å². The zero-order valence-electron chi connectivity index (χ0n) is 11.6. The van der Waals surface area contributed by atoms with Crippen LogP contribution in [-0.4, -0.2) is 44.6 Å². The summed E-state index contributed by atoms with van der Waals surface area (Å²) in [6, 6.07) is 7.84. The Hall–Kier alpha value is -1.55. The Bertz CT molecular complexity index is 374. The second-order valence-corrected chi connectivity index (χ2v) is 4.51. The summed E-state index contributed by atoms with van der Waals surface area (Å²) in [6.45, 7) is 2.67. The Morgan fingerprint density at radius 3 is 2.44 bits per heavy atom. The number of benzene rings is 1. The van der Waals surface area contributed by atoms with Gasteiger partial charge in [0.15, 0.2) is 0 Å². The number of hydrogen-bond donors (Lipinski definition) is 1. The van der Waals surface area contributed by atoms with Gasteiger partial charge < -0.3 is 15.0 Å². The van der Waals surface area contributed by atoms with Gasteiger partial charge in [-0.3, -0.25) is 4.79 Å². The van der Waals surface area contributed by atoms with E-state index in [2.05, 4.69) is 5.32 Å². The van der Waals surface area contributed by atoms with Crippen molar-refractivity contribution in [2.75, 3.05) is 27.7 Å². The van der Waals surface area contributed by atoms with Gasteiger partial charge in [0.2, 0.25) is 5.91 Å². The van der Waals surface area contributed by atoms with Crippen LogP contribution in [0.5, 0.6) is 5.75 Å². The Morgan fingerprint density at radius 2 is 1.94 bits per heavy atom. The monoisotopic (exact) mass is 250 g/mol. The van der Waals surface area contributed by atoms with Crippen LogP contribution in [0, 0.1) is 0 Å². The molecule has 4 heteroatoms. The van der Waals surface area contributed by atoms with Crippen molar-refractivity contribution in [3.8, 4) is 5.75 Å². The van der Waals surface area contributed by atoms with Crippen molar-refractivity contribution >= 4 is 5.91 Å². The molecule has 0 fully saturated rings. The molecular weight excluding hydrogens is 228 g/mol. The highest BCUT2D eigenvalue weighted by Crippen LogP contribution is 2.11. The van der Waals surface area contributed by atoms with E-state index in [0.717, 1.165) is 18.7 Å². The lowest BCUT2D eigenvalue weighted by molar-refractivity contribution is -0.130. The van der Waals surface area contributed by atoms with Crippen molar-refractivity contribution in [3.05, 3.63) is 29.8 Å². The molecule has 0 saturated heterocycles. The number of amides is 1. The second kappa shape index (κ2) is 7.01. The van der Waals surface area contributed by atoms with Crippen LogP contribution in [0.3, 0.4) is 0 Å². The van der Waals surface area contributed by atoms with Crippen molar-refractivity contribution in [2.45, 2.75) is 19.4 Å². The lowest BCUT2D eigenvalue weighted by Crippen LogP contribution is -2.42. The first-order chi connectivity index (χ1) is 8.54. The minimum Gasteiger partial charge on any atom is -0.497 e. The van der Waals surface area contributed by atoms with Crippen molar-refractivity contribution in [1.82, 2.24) is 10.2 Å². The Morgan fingerprint density at radius 1 is 1.33 bits per heavy atom. The molecule has 1 amide bonds. The summed E-state index contributed by atoms with van der Waals surface area (Å²) >= 11 is 0. The van der Waals surface area contributed by atoms with Gasteiger partial charge in [0.25, 0.3) is 0 Å². The SMILES string of the molecule is COc1ccc(CCNC(C)C(=O)N(C)C)cc1. The average Bonchev–Trinajstić information content (AvgIpc) is 2.38. The van der Waals surface area contributed by atoms with E-state index in [0.29, 0.717) is 0 Å². The molecule has 1 N–H and O–H groups in total. The lowest BCUT2D eigenvalue weighted by atomic mass is 10.1. The van der Waals surface area contributed by atoms with E-state index in [1.807, 2.05) is 31.2 Å². The summed E-state index contributed by atoms with van der Waals surface area (Å²) < 4.78 is 5.10. The van der Waals surface area contributed by atoms with Gasteiger partial charge in [-0.1, -0.05) is 12.1 Å². The first-order valence-electron chi connectivity index (χ1n) is 6.12. The van der Waals surface area contributed by atoms with E-state index in [9.17, 15) is 4.79 Å². The summed E-state index contributed by atoms with van der Waals surface area (Å²) in [5.74, 6) is 0.965. The second-order valence-electron chi connectivity index (χ2n) is 4.51. The van der Waals surface area contributed by atoms with Crippen LogP contribution in [-0.2, 0) is 11.2 Å². The molecule has 0 radical (unpaired) electrons. The first-order valence-corrected chi connectivity index (χ1v) is 6.12. The molecule has 0 spiro atoms. The highest BCUT2D eigenvalue weighted by Gasteiger charge is 2.13. The van der Waals surface area contributed by atoms with Gasteiger partial charge in [-0.05, 0) is 37.6 Å². The quantitative estimate of drug-likeness (QED) is 0.827. The molecule has 4 nitrogen and oxygen atoms in total. The summed E-state index contributed by atoms with van der Waals surface area (Å²) in [7, 11) is 5.19. The van der Waals surface area contributed by atoms with Crippen LogP contribution in [0.2, 0.25) is 0 Å². The van der Waals surface area contributed by atoms with Gasteiger partial charge in [0.1, 0.15) is 5.75 Å². The predicted molar refractivity (Wildman–Crippen MR) is 72.9 cm³/mol. The molecule has 1 rings (SSSR count). The Balaban J connectivity index is 2.34. The van der Waals surface area contributed by atoms with E-state index in [-0.39, 0.29) is 11.9 Å². The van der Waals surface area contributed by atoms with E-state index < -0.39 is 0 Å². The zero-order valence-corrected chi connectivity index (χ0v) is 11.6. The largest absolute Gasteiger partial charge is 0.497 e. The molecule has 1 unspecified atom stereocenters. The van der Waals surface area contributed by atoms with Crippen LogP contribution in [0.15, 0.2) is 24.3 Å². The Labute approximate surface area is 109 Å². The zero-order chi connectivity index (χ0) is 13.5. The fourth-order valence-electron chi connectivity index (χ4n) is 1.70. The normalized spacial score (nSPS) is 12.0. The maximum atomic E-state index is 11.6. The molecular formula is C14H22N2O2. The topological polar surface area (TPSA) is 41.6 Å². The minimum absolute atomic E-state index is 0.102. The molecule has 0 aromatic heterocycles. The van der Waals surface area contributed by atoms with Gasteiger partial charge in [0, 0.05) is 14.1 Å². The minimum atomic E-state index is -0.141. The van der Waals surface area contributed by atoms with Crippen molar-refractivity contribution in [3.63, 3.8) is 0 Å². The molecule has 0 bridgehead atoms. The molecule has 0 heterocycles. The smallest absolute Gasteiger partial charge is 0.238 e. The molecule has 0 aliphatic carbocycles. The molecule has 1 aromatic carbocycles. The summed E-state index contributed by atoms with van der Waals surface area (Å²) in [5.41, 5.74) is 1.23. The summed E-state index contributed by atoms with van der Waals surface area (Å²) in [6.07, 6.45) is 0.898. The first kappa shape index (κ1) is 14.5. The number of nitrogens with zero attached hydrogens (tertiary/aromatic N) is 1. The van der Waals surface area contributed by atoms with Crippen LogP contribution < -0.4 is 10.1 Å².